The molecule has 24 heavy (non-hydrogen) atoms. The minimum Gasteiger partial charge on any atom is -0.319 e. The van der Waals surface area contributed by atoms with E-state index < -0.39 is 27.3 Å². The number of amides is 1. The van der Waals surface area contributed by atoms with E-state index in [4.69, 9.17) is 0 Å². The molecule has 0 heterocycles. The quantitative estimate of drug-likeness (QED) is 0.638. The molecule has 0 spiro atoms. The number of carbonyl (C=O) groups is 1. The van der Waals surface area contributed by atoms with Gasteiger partial charge in [0.05, 0.1) is 10.6 Å². The fourth-order valence-corrected chi connectivity index (χ4v) is 2.96. The first kappa shape index (κ1) is 18.3. The highest BCUT2D eigenvalue weighted by Gasteiger charge is 2.14. The largest absolute Gasteiger partial charge is 0.319 e. The maximum absolute atomic E-state index is 13.7. The standard InChI is InChI=1S/C15H12F3NO3S2/c1-24(21,22)11-6-7-12(16)13(8-11)19-14(20)9-2-4-10(5-3-9)23-15(17)18/h2-8,15H,1H3,(H,19,20). The molecule has 0 saturated heterocycles. The number of thioether (sulfide) groups is 1. The van der Waals surface area contributed by atoms with Crippen molar-refractivity contribution in [3.05, 3.63) is 53.8 Å². The smallest absolute Gasteiger partial charge is 0.288 e. The Hall–Kier alpha value is -2.00. The van der Waals surface area contributed by atoms with Gasteiger partial charge in [-0.2, -0.15) is 8.78 Å². The molecule has 0 aliphatic carbocycles. The van der Waals surface area contributed by atoms with E-state index in [1.807, 2.05) is 0 Å². The lowest BCUT2D eigenvalue weighted by molar-refractivity contribution is 0.102. The molecule has 1 N–H and O–H groups in total. The number of benzene rings is 2. The van der Waals surface area contributed by atoms with Crippen LogP contribution in [0.5, 0.6) is 0 Å². The predicted molar refractivity (Wildman–Crippen MR) is 85.8 cm³/mol. The second-order valence-electron chi connectivity index (χ2n) is 4.77. The minimum atomic E-state index is -3.55. The van der Waals surface area contributed by atoms with Crippen LogP contribution in [0.15, 0.2) is 52.3 Å². The zero-order valence-electron chi connectivity index (χ0n) is 12.3. The molecule has 0 fully saturated rings. The summed E-state index contributed by atoms with van der Waals surface area (Å²) in [7, 11) is -3.55. The van der Waals surface area contributed by atoms with E-state index in [-0.39, 0.29) is 21.0 Å². The van der Waals surface area contributed by atoms with E-state index in [2.05, 4.69) is 5.32 Å². The third-order valence-corrected chi connectivity index (χ3v) is 4.79. The lowest BCUT2D eigenvalue weighted by atomic mass is 10.2. The average Bonchev–Trinajstić information content (AvgIpc) is 2.48. The molecule has 0 unspecified atom stereocenters. The first-order valence-electron chi connectivity index (χ1n) is 6.52. The first-order valence-corrected chi connectivity index (χ1v) is 9.30. The Morgan fingerprint density at radius 1 is 1.12 bits per heavy atom. The van der Waals surface area contributed by atoms with Gasteiger partial charge in [0.15, 0.2) is 9.84 Å². The number of hydrogen-bond donors (Lipinski definition) is 1. The van der Waals surface area contributed by atoms with E-state index in [0.29, 0.717) is 11.8 Å². The van der Waals surface area contributed by atoms with Gasteiger partial charge >= 0.3 is 0 Å². The number of halogens is 3. The topological polar surface area (TPSA) is 63.2 Å². The van der Waals surface area contributed by atoms with Gasteiger partial charge in [-0.3, -0.25) is 4.79 Å². The zero-order chi connectivity index (χ0) is 17.9. The maximum atomic E-state index is 13.7. The van der Waals surface area contributed by atoms with Crippen LogP contribution in [0.25, 0.3) is 0 Å². The minimum absolute atomic E-state index is 0.123. The van der Waals surface area contributed by atoms with Crippen molar-refractivity contribution in [2.75, 3.05) is 11.6 Å². The Labute approximate surface area is 141 Å². The highest BCUT2D eigenvalue weighted by Crippen LogP contribution is 2.25. The second-order valence-corrected chi connectivity index (χ2v) is 7.85. The zero-order valence-corrected chi connectivity index (χ0v) is 13.9. The molecule has 0 bridgehead atoms. The van der Waals surface area contributed by atoms with Gasteiger partial charge in [0.25, 0.3) is 11.7 Å². The van der Waals surface area contributed by atoms with Crippen molar-refractivity contribution >= 4 is 33.2 Å². The van der Waals surface area contributed by atoms with Crippen LogP contribution in [-0.2, 0) is 9.84 Å². The molecule has 0 atom stereocenters. The Morgan fingerprint density at radius 3 is 2.29 bits per heavy atom. The Balaban J connectivity index is 2.20. The van der Waals surface area contributed by atoms with Crippen LogP contribution < -0.4 is 5.32 Å². The SMILES string of the molecule is CS(=O)(=O)c1ccc(F)c(NC(=O)c2ccc(SC(F)F)cc2)c1. The van der Waals surface area contributed by atoms with E-state index in [1.54, 1.807) is 0 Å². The van der Waals surface area contributed by atoms with Crippen molar-refractivity contribution in [1.82, 2.24) is 0 Å². The number of nitrogens with one attached hydrogen (secondary N) is 1. The van der Waals surface area contributed by atoms with Crippen molar-refractivity contribution in [3.63, 3.8) is 0 Å². The molecule has 0 aromatic heterocycles. The summed E-state index contributed by atoms with van der Waals surface area (Å²) < 4.78 is 61.2. The number of anilines is 1. The van der Waals surface area contributed by atoms with Gasteiger partial charge in [-0.15, -0.1) is 0 Å². The lowest BCUT2D eigenvalue weighted by Gasteiger charge is -2.09. The molecule has 128 valence electrons. The van der Waals surface area contributed by atoms with Gasteiger partial charge in [-0.25, -0.2) is 12.8 Å². The highest BCUT2D eigenvalue weighted by atomic mass is 32.2. The van der Waals surface area contributed by atoms with Crippen molar-refractivity contribution in [3.8, 4) is 0 Å². The fraction of sp³-hybridized carbons (Fsp3) is 0.133. The average molecular weight is 375 g/mol. The van der Waals surface area contributed by atoms with E-state index in [9.17, 15) is 26.4 Å². The molecule has 0 aliphatic heterocycles. The van der Waals surface area contributed by atoms with Gasteiger partial charge in [0.1, 0.15) is 5.82 Å². The van der Waals surface area contributed by atoms with Crippen LogP contribution >= 0.6 is 11.8 Å². The van der Waals surface area contributed by atoms with Gasteiger partial charge < -0.3 is 5.32 Å². The van der Waals surface area contributed by atoms with Gasteiger partial charge in [-0.05, 0) is 42.5 Å². The molecule has 9 heteroatoms. The van der Waals surface area contributed by atoms with Crippen LogP contribution in [0.3, 0.4) is 0 Å². The Bertz CT molecular complexity index is 853. The summed E-state index contributed by atoms with van der Waals surface area (Å²) in [5, 5.41) is 2.27. The summed E-state index contributed by atoms with van der Waals surface area (Å²) in [5.41, 5.74) is -0.160. The van der Waals surface area contributed by atoms with E-state index >= 15 is 0 Å². The van der Waals surface area contributed by atoms with Crippen LogP contribution in [0, 0.1) is 5.82 Å². The highest BCUT2D eigenvalue weighted by molar-refractivity contribution is 7.99. The second kappa shape index (κ2) is 7.27. The summed E-state index contributed by atoms with van der Waals surface area (Å²) >= 11 is 0.338. The van der Waals surface area contributed by atoms with Crippen LogP contribution in [0.1, 0.15) is 10.4 Å². The van der Waals surface area contributed by atoms with Crippen LogP contribution in [0.4, 0.5) is 18.9 Å². The molecular formula is C15H12F3NO3S2. The number of hydrogen-bond acceptors (Lipinski definition) is 4. The molecule has 4 nitrogen and oxygen atoms in total. The molecule has 2 aromatic carbocycles. The monoisotopic (exact) mass is 375 g/mol. The number of carbonyl (C=O) groups excluding carboxylic acids is 1. The molecule has 1 amide bonds. The Morgan fingerprint density at radius 2 is 1.75 bits per heavy atom. The summed E-state index contributed by atoms with van der Waals surface area (Å²) in [5.74, 6) is -4.05. The third-order valence-electron chi connectivity index (χ3n) is 2.96. The van der Waals surface area contributed by atoms with Crippen molar-refractivity contribution < 1.29 is 26.4 Å². The van der Waals surface area contributed by atoms with Crippen LogP contribution in [-0.4, -0.2) is 26.3 Å². The molecule has 0 radical (unpaired) electrons. The first-order chi connectivity index (χ1) is 11.2. The summed E-state index contributed by atoms with van der Waals surface area (Å²) in [6, 6.07) is 8.37. The molecule has 0 saturated carbocycles. The van der Waals surface area contributed by atoms with Crippen molar-refractivity contribution in [1.29, 1.82) is 0 Å². The molecule has 2 rings (SSSR count). The van der Waals surface area contributed by atoms with Gasteiger partial charge in [0, 0.05) is 16.7 Å². The fourth-order valence-electron chi connectivity index (χ4n) is 1.81. The van der Waals surface area contributed by atoms with Crippen molar-refractivity contribution in [2.24, 2.45) is 0 Å². The number of sulfone groups is 1. The van der Waals surface area contributed by atoms with Gasteiger partial charge in [0.2, 0.25) is 0 Å². The van der Waals surface area contributed by atoms with Gasteiger partial charge in [-0.1, -0.05) is 11.8 Å². The number of alkyl halides is 2. The normalized spacial score (nSPS) is 11.5. The molecule has 0 aliphatic rings. The van der Waals surface area contributed by atoms with E-state index in [1.165, 1.54) is 24.3 Å². The molecular weight excluding hydrogens is 363 g/mol. The summed E-state index contributed by atoms with van der Waals surface area (Å²) in [6.07, 6.45) is 0.964. The lowest BCUT2D eigenvalue weighted by Crippen LogP contribution is -2.13. The summed E-state index contributed by atoms with van der Waals surface area (Å²) in [6.45, 7) is 0. The number of rotatable bonds is 5. The molecule has 2 aromatic rings. The summed E-state index contributed by atoms with van der Waals surface area (Å²) in [4.78, 5) is 12.2. The van der Waals surface area contributed by atoms with E-state index in [0.717, 1.165) is 24.5 Å². The van der Waals surface area contributed by atoms with Crippen LogP contribution in [0.2, 0.25) is 0 Å². The predicted octanol–water partition coefficient (Wildman–Crippen LogP) is 3.80. The van der Waals surface area contributed by atoms with Crippen molar-refractivity contribution in [2.45, 2.75) is 15.5 Å². The third kappa shape index (κ3) is 4.75. The maximum Gasteiger partial charge on any atom is 0.288 e. The Kier molecular flexibility index (Phi) is 5.55.